The van der Waals surface area contributed by atoms with Gasteiger partial charge < -0.3 is 5.73 Å². The zero-order valence-corrected chi connectivity index (χ0v) is 16.9. The molecule has 24 heavy (non-hydrogen) atoms. The number of rotatable bonds is 20. The molecule has 0 unspecified atom stereocenters. The highest BCUT2D eigenvalue weighted by Gasteiger charge is 1.93. The third-order valence-electron chi connectivity index (χ3n) is 4.97. The van der Waals surface area contributed by atoms with Gasteiger partial charge in [-0.2, -0.15) is 0 Å². The lowest BCUT2D eigenvalue weighted by atomic mass is 10.0. The van der Waals surface area contributed by atoms with Crippen LogP contribution < -0.4 is 5.73 Å². The monoisotopic (exact) mass is 337 g/mol. The zero-order chi connectivity index (χ0) is 17.6. The Kier molecular flexibility index (Phi) is 22.4. The fourth-order valence-corrected chi connectivity index (χ4v) is 3.28. The second-order valence-corrected chi connectivity index (χ2v) is 7.49. The molecule has 0 atom stereocenters. The highest BCUT2D eigenvalue weighted by atomic mass is 14.5. The first kappa shape index (κ1) is 23.7. The number of hydrogen-bond donors (Lipinski definition) is 1. The van der Waals surface area contributed by atoms with Gasteiger partial charge in [-0.05, 0) is 38.6 Å². The molecule has 0 fully saturated rings. The van der Waals surface area contributed by atoms with Gasteiger partial charge in [-0.3, -0.25) is 0 Å². The van der Waals surface area contributed by atoms with Crippen molar-refractivity contribution in [1.29, 1.82) is 0 Å². The fraction of sp³-hybridized carbons (Fsp3) is 0.913. The van der Waals surface area contributed by atoms with Crippen molar-refractivity contribution in [1.82, 2.24) is 0 Å². The molecule has 0 heterocycles. The van der Waals surface area contributed by atoms with Gasteiger partial charge in [0, 0.05) is 0 Å². The lowest BCUT2D eigenvalue weighted by Crippen LogP contribution is -1.97. The van der Waals surface area contributed by atoms with E-state index in [2.05, 4.69) is 19.1 Å². The van der Waals surface area contributed by atoms with E-state index in [1.807, 2.05) is 0 Å². The molecule has 0 saturated heterocycles. The SMILES string of the molecule is CCCCCCCCCCCCCCCC=CCCCCCCN. The Morgan fingerprint density at radius 2 is 0.792 bits per heavy atom. The summed E-state index contributed by atoms with van der Waals surface area (Å²) in [5.74, 6) is 0. The van der Waals surface area contributed by atoms with E-state index in [0.717, 1.165) is 6.54 Å². The van der Waals surface area contributed by atoms with Crippen LogP contribution in [0, 0.1) is 0 Å². The van der Waals surface area contributed by atoms with E-state index >= 15 is 0 Å². The normalized spacial score (nSPS) is 11.6. The van der Waals surface area contributed by atoms with E-state index in [1.165, 1.54) is 122 Å². The molecule has 0 aliphatic heterocycles. The van der Waals surface area contributed by atoms with Gasteiger partial charge in [0.25, 0.3) is 0 Å². The predicted octanol–water partition coefficient (Wildman–Crippen LogP) is 7.93. The van der Waals surface area contributed by atoms with Crippen LogP contribution in [0.1, 0.15) is 129 Å². The Labute approximate surface area is 153 Å². The summed E-state index contributed by atoms with van der Waals surface area (Å²) in [4.78, 5) is 0. The Hall–Kier alpha value is -0.300. The van der Waals surface area contributed by atoms with E-state index in [0.29, 0.717) is 0 Å². The maximum atomic E-state index is 5.50. The Balaban J connectivity index is 3.02. The van der Waals surface area contributed by atoms with E-state index in [4.69, 9.17) is 5.73 Å². The second kappa shape index (κ2) is 22.7. The molecule has 0 bridgehead atoms. The molecule has 1 nitrogen and oxygen atoms in total. The van der Waals surface area contributed by atoms with Crippen molar-refractivity contribution < 1.29 is 0 Å². The van der Waals surface area contributed by atoms with Crippen LogP contribution >= 0.6 is 0 Å². The summed E-state index contributed by atoms with van der Waals surface area (Å²) < 4.78 is 0. The smallest absolute Gasteiger partial charge is 0.00773 e. The maximum absolute atomic E-state index is 5.50. The molecule has 144 valence electrons. The van der Waals surface area contributed by atoms with Crippen molar-refractivity contribution in [3.05, 3.63) is 12.2 Å². The van der Waals surface area contributed by atoms with Gasteiger partial charge in [-0.1, -0.05) is 109 Å². The van der Waals surface area contributed by atoms with Crippen LogP contribution in [-0.2, 0) is 0 Å². The fourth-order valence-electron chi connectivity index (χ4n) is 3.28. The molecule has 0 aromatic carbocycles. The highest BCUT2D eigenvalue weighted by molar-refractivity contribution is 4.81. The van der Waals surface area contributed by atoms with Crippen molar-refractivity contribution in [2.24, 2.45) is 5.73 Å². The number of unbranched alkanes of at least 4 members (excludes halogenated alkanes) is 17. The first-order valence-corrected chi connectivity index (χ1v) is 11.3. The first-order valence-electron chi connectivity index (χ1n) is 11.3. The van der Waals surface area contributed by atoms with E-state index < -0.39 is 0 Å². The van der Waals surface area contributed by atoms with E-state index in [1.54, 1.807) is 0 Å². The predicted molar refractivity (Wildman–Crippen MR) is 112 cm³/mol. The topological polar surface area (TPSA) is 26.0 Å². The number of nitrogens with two attached hydrogens (primary N) is 1. The van der Waals surface area contributed by atoms with Gasteiger partial charge in [0.05, 0.1) is 0 Å². The summed E-state index contributed by atoms with van der Waals surface area (Å²) in [5, 5.41) is 0. The van der Waals surface area contributed by atoms with Crippen LogP contribution in [0.4, 0.5) is 0 Å². The minimum absolute atomic E-state index is 0.856. The summed E-state index contributed by atoms with van der Waals surface area (Å²) in [5.41, 5.74) is 5.50. The summed E-state index contributed by atoms with van der Waals surface area (Å²) in [6.45, 7) is 3.15. The van der Waals surface area contributed by atoms with Crippen LogP contribution in [0.3, 0.4) is 0 Å². The molecule has 0 aliphatic rings. The van der Waals surface area contributed by atoms with Gasteiger partial charge in [0.15, 0.2) is 0 Å². The van der Waals surface area contributed by atoms with Crippen molar-refractivity contribution in [2.45, 2.75) is 129 Å². The summed E-state index contributed by atoms with van der Waals surface area (Å²) >= 11 is 0. The average molecular weight is 338 g/mol. The van der Waals surface area contributed by atoms with E-state index in [-0.39, 0.29) is 0 Å². The van der Waals surface area contributed by atoms with Crippen molar-refractivity contribution in [2.75, 3.05) is 6.54 Å². The van der Waals surface area contributed by atoms with Gasteiger partial charge >= 0.3 is 0 Å². The minimum Gasteiger partial charge on any atom is -0.330 e. The second-order valence-electron chi connectivity index (χ2n) is 7.49. The van der Waals surface area contributed by atoms with Crippen molar-refractivity contribution in [3.8, 4) is 0 Å². The third kappa shape index (κ3) is 21.7. The average Bonchev–Trinajstić information content (AvgIpc) is 2.60. The van der Waals surface area contributed by atoms with Crippen LogP contribution in [0.15, 0.2) is 12.2 Å². The molecule has 0 amide bonds. The molecule has 0 aromatic heterocycles. The standard InChI is InChI=1S/C23H47N/c1-2-3-4-5-6-7-8-9-10-11-12-13-14-15-16-17-18-19-20-21-22-23-24/h16-17H,2-15,18-24H2,1H3. The summed E-state index contributed by atoms with van der Waals surface area (Å²) in [6.07, 6.45) is 31.4. The van der Waals surface area contributed by atoms with Gasteiger partial charge in [-0.15, -0.1) is 0 Å². The van der Waals surface area contributed by atoms with Crippen LogP contribution in [0.25, 0.3) is 0 Å². The molecule has 0 aliphatic carbocycles. The number of allylic oxidation sites excluding steroid dienone is 2. The molecule has 0 saturated carbocycles. The molecular weight excluding hydrogens is 290 g/mol. The molecule has 0 spiro atoms. The summed E-state index contributed by atoms with van der Waals surface area (Å²) in [7, 11) is 0. The molecule has 0 aromatic rings. The first-order chi connectivity index (χ1) is 11.9. The minimum atomic E-state index is 0.856. The lowest BCUT2D eigenvalue weighted by molar-refractivity contribution is 0.540. The van der Waals surface area contributed by atoms with Crippen LogP contribution in [-0.4, -0.2) is 6.54 Å². The Bertz CT molecular complexity index is 234. The Morgan fingerprint density at radius 1 is 0.458 bits per heavy atom. The third-order valence-corrected chi connectivity index (χ3v) is 4.97. The van der Waals surface area contributed by atoms with Gasteiger partial charge in [0.2, 0.25) is 0 Å². The lowest BCUT2D eigenvalue weighted by Gasteiger charge is -2.02. The molecule has 0 rings (SSSR count). The molecule has 0 radical (unpaired) electrons. The molecular formula is C23H47N. The maximum Gasteiger partial charge on any atom is -0.00773 e. The summed E-state index contributed by atoms with van der Waals surface area (Å²) in [6, 6.07) is 0. The molecule has 1 heteroatoms. The molecule has 2 N–H and O–H groups in total. The van der Waals surface area contributed by atoms with Crippen LogP contribution in [0.2, 0.25) is 0 Å². The van der Waals surface area contributed by atoms with E-state index in [9.17, 15) is 0 Å². The van der Waals surface area contributed by atoms with Gasteiger partial charge in [-0.25, -0.2) is 0 Å². The number of hydrogen-bond acceptors (Lipinski definition) is 1. The zero-order valence-electron chi connectivity index (χ0n) is 16.9. The van der Waals surface area contributed by atoms with Crippen molar-refractivity contribution in [3.63, 3.8) is 0 Å². The van der Waals surface area contributed by atoms with Gasteiger partial charge in [0.1, 0.15) is 0 Å². The quantitative estimate of drug-likeness (QED) is 0.177. The Morgan fingerprint density at radius 3 is 1.17 bits per heavy atom. The van der Waals surface area contributed by atoms with Crippen molar-refractivity contribution >= 4 is 0 Å². The largest absolute Gasteiger partial charge is 0.330 e. The highest BCUT2D eigenvalue weighted by Crippen LogP contribution is 2.13. The van der Waals surface area contributed by atoms with Crippen LogP contribution in [0.5, 0.6) is 0 Å².